The van der Waals surface area contributed by atoms with Crippen molar-refractivity contribution in [3.63, 3.8) is 0 Å². The number of carbonyl (C=O) groups is 1. The van der Waals surface area contributed by atoms with Crippen LogP contribution in [-0.2, 0) is 16.4 Å². The number of carbonyl (C=O) groups excluding carboxylic acids is 1. The molecule has 0 fully saturated rings. The number of nitrogens with zero attached hydrogens (tertiary/aromatic N) is 1. The molecule has 1 amide bonds. The smallest absolute Gasteiger partial charge is 0.252 e. The van der Waals surface area contributed by atoms with Gasteiger partial charge >= 0.3 is 0 Å². The number of rotatable bonds is 5. The molecule has 2 aromatic rings. The summed E-state index contributed by atoms with van der Waals surface area (Å²) in [7, 11) is -3.58. The summed E-state index contributed by atoms with van der Waals surface area (Å²) >= 11 is 5.92. The molecule has 3 N–H and O–H groups in total. The average Bonchev–Trinajstić information content (AvgIpc) is 2.50. The van der Waals surface area contributed by atoms with Gasteiger partial charge in [-0.1, -0.05) is 18.5 Å². The van der Waals surface area contributed by atoms with E-state index in [1.54, 1.807) is 0 Å². The van der Waals surface area contributed by atoms with Crippen LogP contribution in [0, 0.1) is 11.2 Å². The minimum Gasteiger partial charge on any atom is -0.365 e. The van der Waals surface area contributed by atoms with E-state index in [9.17, 15) is 17.6 Å². The summed E-state index contributed by atoms with van der Waals surface area (Å²) in [4.78, 5) is 11.4. The highest BCUT2D eigenvalue weighted by Crippen LogP contribution is 2.20. The van der Waals surface area contributed by atoms with Gasteiger partial charge in [0.05, 0.1) is 27.8 Å². The van der Waals surface area contributed by atoms with Crippen LogP contribution in [0.4, 0.5) is 4.39 Å². The number of halogens is 2. The molecule has 0 unspecified atom stereocenters. The third-order valence-electron chi connectivity index (χ3n) is 3.45. The highest BCUT2D eigenvalue weighted by Gasteiger charge is 2.18. The Morgan fingerprint density at radius 2 is 2.04 bits per heavy atom. The van der Waals surface area contributed by atoms with Gasteiger partial charge in [0.15, 0.2) is 9.84 Å². The van der Waals surface area contributed by atoms with Crippen LogP contribution in [0.2, 0.25) is 5.02 Å². The molecule has 24 heavy (non-hydrogen) atoms. The fourth-order valence-electron chi connectivity index (χ4n) is 2.24. The molecular formula is C15H15ClFN3O3S. The maximum absolute atomic E-state index is 13.6. The second-order valence-electron chi connectivity index (χ2n) is 5.07. The highest BCUT2D eigenvalue weighted by molar-refractivity contribution is 7.91. The van der Waals surface area contributed by atoms with Gasteiger partial charge in [-0.3, -0.25) is 10.2 Å². The van der Waals surface area contributed by atoms with Crippen molar-refractivity contribution < 1.29 is 17.6 Å². The van der Waals surface area contributed by atoms with Crippen LogP contribution in [0.5, 0.6) is 0 Å². The molecular weight excluding hydrogens is 357 g/mol. The predicted octanol–water partition coefficient (Wildman–Crippen LogP) is 1.70. The Kier molecular flexibility index (Phi) is 5.10. The van der Waals surface area contributed by atoms with Gasteiger partial charge in [0.2, 0.25) is 0 Å². The van der Waals surface area contributed by atoms with E-state index in [2.05, 4.69) is 0 Å². The van der Waals surface area contributed by atoms with Crippen molar-refractivity contribution in [2.75, 3.05) is 5.75 Å². The first-order valence-electron chi connectivity index (χ1n) is 6.91. The molecule has 0 saturated carbocycles. The second-order valence-corrected chi connectivity index (χ2v) is 7.75. The summed E-state index contributed by atoms with van der Waals surface area (Å²) in [6, 6.07) is 4.58. The number of hydrogen-bond donors (Lipinski definition) is 2. The van der Waals surface area contributed by atoms with Gasteiger partial charge in [0.1, 0.15) is 11.3 Å². The van der Waals surface area contributed by atoms with Crippen molar-refractivity contribution >= 4 is 27.3 Å². The van der Waals surface area contributed by atoms with Crippen LogP contribution in [0.1, 0.15) is 22.8 Å². The number of hydrogen-bond acceptors (Lipinski definition) is 4. The maximum atomic E-state index is 13.6. The number of benzene rings is 1. The zero-order valence-electron chi connectivity index (χ0n) is 12.7. The van der Waals surface area contributed by atoms with Crippen molar-refractivity contribution in [2.45, 2.75) is 18.4 Å². The van der Waals surface area contributed by atoms with E-state index >= 15 is 0 Å². The minimum atomic E-state index is -3.58. The number of aromatic nitrogens is 1. The molecule has 0 aliphatic rings. The fraction of sp³-hybridized carbons (Fsp3) is 0.200. The lowest BCUT2D eigenvalue weighted by Crippen LogP contribution is -2.30. The van der Waals surface area contributed by atoms with Gasteiger partial charge in [0.25, 0.3) is 5.91 Å². The summed E-state index contributed by atoms with van der Waals surface area (Å²) < 4.78 is 39.2. The number of sulfone groups is 1. The third kappa shape index (κ3) is 3.65. The molecule has 0 saturated heterocycles. The van der Waals surface area contributed by atoms with E-state index < -0.39 is 21.6 Å². The van der Waals surface area contributed by atoms with Crippen LogP contribution < -0.4 is 11.2 Å². The van der Waals surface area contributed by atoms with Crippen LogP contribution >= 0.6 is 11.6 Å². The topological polar surface area (TPSA) is 106 Å². The third-order valence-corrected chi connectivity index (χ3v) is 5.48. The molecule has 0 atom stereocenters. The molecule has 0 bridgehead atoms. The minimum absolute atomic E-state index is 0.0288. The van der Waals surface area contributed by atoms with Gasteiger partial charge in [-0.15, -0.1) is 0 Å². The SMILES string of the molecule is CCS(=O)(=O)c1ccc(F)cc1Cn1cc(Cl)cc(C(N)=O)c1=N. The van der Waals surface area contributed by atoms with Crippen molar-refractivity contribution in [3.8, 4) is 0 Å². The first kappa shape index (κ1) is 18.2. The van der Waals surface area contributed by atoms with Crippen LogP contribution in [0.15, 0.2) is 35.4 Å². The van der Waals surface area contributed by atoms with Gasteiger partial charge in [-0.25, -0.2) is 12.8 Å². The molecule has 0 radical (unpaired) electrons. The molecule has 1 heterocycles. The van der Waals surface area contributed by atoms with Crippen molar-refractivity contribution in [1.82, 2.24) is 4.57 Å². The van der Waals surface area contributed by atoms with Crippen molar-refractivity contribution in [3.05, 3.63) is 57.9 Å². The average molecular weight is 372 g/mol. The molecule has 1 aromatic carbocycles. The Morgan fingerprint density at radius 3 is 2.62 bits per heavy atom. The predicted molar refractivity (Wildman–Crippen MR) is 87.0 cm³/mol. The monoisotopic (exact) mass is 371 g/mol. The van der Waals surface area contributed by atoms with Crippen molar-refractivity contribution in [1.29, 1.82) is 5.41 Å². The van der Waals surface area contributed by atoms with Gasteiger partial charge in [-0.2, -0.15) is 0 Å². The Bertz CT molecular complexity index is 970. The Hall–Kier alpha value is -2.19. The van der Waals surface area contributed by atoms with E-state index in [1.807, 2.05) is 0 Å². The molecule has 128 valence electrons. The molecule has 6 nitrogen and oxygen atoms in total. The van der Waals surface area contributed by atoms with E-state index in [0.717, 1.165) is 12.1 Å². The molecule has 0 aliphatic heterocycles. The summed E-state index contributed by atoms with van der Waals surface area (Å²) in [6.07, 6.45) is 1.35. The van der Waals surface area contributed by atoms with E-state index in [1.165, 1.54) is 29.8 Å². The van der Waals surface area contributed by atoms with Crippen LogP contribution in [0.25, 0.3) is 0 Å². The van der Waals surface area contributed by atoms with Crippen molar-refractivity contribution in [2.24, 2.45) is 5.73 Å². The van der Waals surface area contributed by atoms with Crippen LogP contribution in [0.3, 0.4) is 0 Å². The fourth-order valence-corrected chi connectivity index (χ4v) is 3.57. The van der Waals surface area contributed by atoms with Crippen LogP contribution in [-0.4, -0.2) is 24.6 Å². The number of amides is 1. The summed E-state index contributed by atoms with van der Waals surface area (Å²) in [5, 5.41) is 8.16. The number of primary amides is 1. The summed E-state index contributed by atoms with van der Waals surface area (Å²) in [5.41, 5.74) is 5.01. The standard InChI is InChI=1S/C15H15ClFN3O3S/c1-2-24(22,23)13-4-3-11(17)5-9(13)7-20-8-10(16)6-12(14(20)18)15(19)21/h3-6,8,18H,2,7H2,1H3,(H2,19,21). The molecule has 0 aliphatic carbocycles. The second kappa shape index (κ2) is 6.74. The zero-order chi connectivity index (χ0) is 18.1. The van der Waals surface area contributed by atoms with E-state index in [4.69, 9.17) is 22.7 Å². The maximum Gasteiger partial charge on any atom is 0.252 e. The lowest BCUT2D eigenvalue weighted by molar-refractivity contribution is 0.0997. The lowest BCUT2D eigenvalue weighted by Gasteiger charge is -2.13. The van der Waals surface area contributed by atoms with E-state index in [-0.39, 0.29) is 38.8 Å². The number of nitrogens with two attached hydrogens (primary N) is 1. The van der Waals surface area contributed by atoms with Gasteiger partial charge in [0, 0.05) is 6.20 Å². The quantitative estimate of drug-likeness (QED) is 0.781. The lowest BCUT2D eigenvalue weighted by atomic mass is 10.2. The van der Waals surface area contributed by atoms with Gasteiger partial charge in [-0.05, 0) is 29.8 Å². The Labute approximate surface area is 143 Å². The zero-order valence-corrected chi connectivity index (χ0v) is 14.3. The molecule has 2 rings (SSSR count). The Morgan fingerprint density at radius 1 is 1.38 bits per heavy atom. The summed E-state index contributed by atoms with van der Waals surface area (Å²) in [5.74, 6) is -1.59. The van der Waals surface area contributed by atoms with E-state index in [0.29, 0.717) is 0 Å². The molecule has 9 heteroatoms. The number of nitrogens with one attached hydrogen (secondary N) is 1. The van der Waals surface area contributed by atoms with Gasteiger partial charge < -0.3 is 10.3 Å². The Balaban J connectivity index is 2.63. The molecule has 1 aromatic heterocycles. The normalized spacial score (nSPS) is 11.5. The number of pyridine rings is 1. The summed E-state index contributed by atoms with van der Waals surface area (Å²) in [6.45, 7) is 1.34. The largest absolute Gasteiger partial charge is 0.365 e. The first-order chi connectivity index (χ1) is 11.2. The first-order valence-corrected chi connectivity index (χ1v) is 8.94. The molecule has 0 spiro atoms. The highest BCUT2D eigenvalue weighted by atomic mass is 35.5.